The number of likely N-dealkylation sites (tertiary alicyclic amines) is 1. The number of hydrogen-bond acceptors (Lipinski definition) is 5. The highest BCUT2D eigenvalue weighted by atomic mass is 32.2. The molecule has 3 rings (SSSR count). The van der Waals surface area contributed by atoms with E-state index in [9.17, 15) is 18.0 Å². The summed E-state index contributed by atoms with van der Waals surface area (Å²) in [6, 6.07) is 1.75. The van der Waals surface area contributed by atoms with Gasteiger partial charge in [0.1, 0.15) is 0 Å². The second-order valence-electron chi connectivity index (χ2n) is 5.78. The van der Waals surface area contributed by atoms with Gasteiger partial charge in [0, 0.05) is 18.0 Å². The Bertz CT molecular complexity index is 726. The molecule has 0 aromatic carbocycles. The molecule has 1 aromatic heterocycles. The molecule has 1 saturated heterocycles. The van der Waals surface area contributed by atoms with Gasteiger partial charge in [0.05, 0.1) is 23.2 Å². The number of primary sulfonamides is 1. The van der Waals surface area contributed by atoms with E-state index in [1.807, 2.05) is 0 Å². The molecule has 0 radical (unpaired) electrons. The molecule has 2 aliphatic heterocycles. The fraction of sp³-hybridized carbons (Fsp3) is 0.538. The predicted octanol–water partition coefficient (Wildman–Crippen LogP) is 0.635. The molecule has 0 aliphatic carbocycles. The van der Waals surface area contributed by atoms with Crippen LogP contribution in [-0.2, 0) is 23.1 Å². The first-order valence-electron chi connectivity index (χ1n) is 7.16. The van der Waals surface area contributed by atoms with E-state index in [0.717, 1.165) is 10.4 Å². The average molecular weight is 359 g/mol. The number of nitrogens with zero attached hydrogens (tertiary/aromatic N) is 2. The normalized spacial score (nSPS) is 19.0. The van der Waals surface area contributed by atoms with Crippen LogP contribution in [0.1, 0.15) is 33.0 Å². The lowest BCUT2D eigenvalue weighted by Gasteiger charge is -2.30. The van der Waals surface area contributed by atoms with Gasteiger partial charge in [-0.1, -0.05) is 0 Å². The minimum Gasteiger partial charge on any atom is -0.465 e. The molecule has 0 unspecified atom stereocenters. The van der Waals surface area contributed by atoms with Crippen LogP contribution in [0.4, 0.5) is 4.79 Å². The van der Waals surface area contributed by atoms with Gasteiger partial charge in [-0.15, -0.1) is 11.3 Å². The van der Waals surface area contributed by atoms with Gasteiger partial charge in [0.2, 0.25) is 10.0 Å². The molecule has 126 valence electrons. The summed E-state index contributed by atoms with van der Waals surface area (Å²) >= 11 is 1.31. The third kappa shape index (κ3) is 3.19. The minimum atomic E-state index is -3.55. The first kappa shape index (κ1) is 16.2. The second kappa shape index (κ2) is 5.77. The molecule has 3 N–H and O–H groups in total. The van der Waals surface area contributed by atoms with Crippen molar-refractivity contribution in [3.8, 4) is 0 Å². The third-order valence-corrected chi connectivity index (χ3v) is 6.82. The van der Waals surface area contributed by atoms with Crippen LogP contribution in [0.25, 0.3) is 0 Å². The molecule has 0 atom stereocenters. The Morgan fingerprint density at radius 1 is 1.22 bits per heavy atom. The Morgan fingerprint density at radius 2 is 1.87 bits per heavy atom. The Morgan fingerprint density at radius 3 is 2.39 bits per heavy atom. The number of nitrogens with two attached hydrogens (primary N) is 1. The van der Waals surface area contributed by atoms with Crippen molar-refractivity contribution < 1.29 is 23.1 Å². The lowest BCUT2D eigenvalue weighted by molar-refractivity contribution is 0.0730. The summed E-state index contributed by atoms with van der Waals surface area (Å²) in [5.74, 6) is -0.126. The highest BCUT2D eigenvalue weighted by molar-refractivity contribution is 7.89. The smallest absolute Gasteiger partial charge is 0.407 e. The van der Waals surface area contributed by atoms with Crippen LogP contribution in [-0.4, -0.2) is 53.7 Å². The molecule has 10 heteroatoms. The number of fused-ring (bicyclic) bond motifs is 1. The van der Waals surface area contributed by atoms with Gasteiger partial charge >= 0.3 is 6.09 Å². The number of thiophene rings is 1. The van der Waals surface area contributed by atoms with Crippen molar-refractivity contribution in [2.45, 2.75) is 31.2 Å². The number of carboxylic acid groups (broad SMARTS) is 1. The summed E-state index contributed by atoms with van der Waals surface area (Å²) in [5.41, 5.74) is 0.875. The lowest BCUT2D eigenvalue weighted by Crippen LogP contribution is -2.44. The summed E-state index contributed by atoms with van der Waals surface area (Å²) in [5, 5.41) is 13.5. The average Bonchev–Trinajstić information content (AvgIpc) is 3.04. The summed E-state index contributed by atoms with van der Waals surface area (Å²) < 4.78 is 22.7. The number of amides is 2. The fourth-order valence-corrected chi connectivity index (χ4v) is 4.98. The largest absolute Gasteiger partial charge is 0.465 e. The van der Waals surface area contributed by atoms with E-state index in [0.29, 0.717) is 43.9 Å². The molecule has 0 saturated carbocycles. The van der Waals surface area contributed by atoms with Gasteiger partial charge in [-0.05, 0) is 24.5 Å². The standard InChI is InChI=1S/C13H17N3O5S2/c14-23(20,21)9-1-3-15(4-2-9)12(17)10-5-8-6-16(13(18)19)7-11(8)22-10/h5,9H,1-4,6-7H2,(H,18,19)(H2,14,20,21). The molecule has 3 heterocycles. The van der Waals surface area contributed by atoms with Crippen LogP contribution in [0.15, 0.2) is 6.07 Å². The third-order valence-electron chi connectivity index (χ3n) is 4.27. The number of carbonyl (C=O) groups is 2. The molecule has 1 aromatic rings. The lowest BCUT2D eigenvalue weighted by atomic mass is 10.1. The van der Waals surface area contributed by atoms with Gasteiger partial charge in [-0.2, -0.15) is 0 Å². The predicted molar refractivity (Wildman–Crippen MR) is 83.6 cm³/mol. The summed E-state index contributed by atoms with van der Waals surface area (Å²) in [6.07, 6.45) is -0.267. The molecular formula is C13H17N3O5S2. The monoisotopic (exact) mass is 359 g/mol. The van der Waals surface area contributed by atoms with Crippen molar-refractivity contribution in [1.29, 1.82) is 0 Å². The first-order valence-corrected chi connectivity index (χ1v) is 9.58. The zero-order valence-corrected chi connectivity index (χ0v) is 13.9. The molecule has 8 nitrogen and oxygen atoms in total. The zero-order chi connectivity index (χ0) is 16.8. The number of sulfonamides is 1. The Labute approximate surface area is 137 Å². The van der Waals surface area contributed by atoms with E-state index in [1.54, 1.807) is 11.0 Å². The summed E-state index contributed by atoms with van der Waals surface area (Å²) in [4.78, 5) is 27.9. The Balaban J connectivity index is 1.65. The highest BCUT2D eigenvalue weighted by Gasteiger charge is 2.32. The second-order valence-corrected chi connectivity index (χ2v) is 8.76. The number of hydrogen-bond donors (Lipinski definition) is 2. The fourth-order valence-electron chi connectivity index (χ4n) is 2.95. The minimum absolute atomic E-state index is 0.126. The van der Waals surface area contributed by atoms with E-state index in [4.69, 9.17) is 10.2 Å². The molecular weight excluding hydrogens is 342 g/mol. The molecule has 0 bridgehead atoms. The number of carbonyl (C=O) groups excluding carboxylic acids is 1. The van der Waals surface area contributed by atoms with Crippen molar-refractivity contribution in [2.24, 2.45) is 5.14 Å². The Hall–Kier alpha value is -1.65. The molecule has 2 amide bonds. The SMILES string of the molecule is NS(=O)(=O)C1CCN(C(=O)c2cc3c(s2)CN(C(=O)O)C3)CC1. The van der Waals surface area contributed by atoms with Crippen LogP contribution < -0.4 is 5.14 Å². The van der Waals surface area contributed by atoms with E-state index < -0.39 is 21.4 Å². The van der Waals surface area contributed by atoms with E-state index in [-0.39, 0.29) is 5.91 Å². The van der Waals surface area contributed by atoms with Crippen LogP contribution >= 0.6 is 11.3 Å². The van der Waals surface area contributed by atoms with Gasteiger partial charge in [0.25, 0.3) is 5.91 Å². The molecule has 1 fully saturated rings. The van der Waals surface area contributed by atoms with Gasteiger partial charge < -0.3 is 10.0 Å². The van der Waals surface area contributed by atoms with E-state index in [1.165, 1.54) is 16.2 Å². The molecule has 2 aliphatic rings. The van der Waals surface area contributed by atoms with Crippen LogP contribution in [0, 0.1) is 0 Å². The summed E-state index contributed by atoms with van der Waals surface area (Å²) in [7, 11) is -3.55. The number of rotatable bonds is 2. The molecule has 0 spiro atoms. The van der Waals surface area contributed by atoms with Crippen LogP contribution in [0.3, 0.4) is 0 Å². The molecule has 23 heavy (non-hydrogen) atoms. The van der Waals surface area contributed by atoms with Crippen molar-refractivity contribution in [2.75, 3.05) is 13.1 Å². The van der Waals surface area contributed by atoms with Crippen molar-refractivity contribution >= 4 is 33.4 Å². The van der Waals surface area contributed by atoms with Crippen molar-refractivity contribution in [3.63, 3.8) is 0 Å². The maximum atomic E-state index is 12.5. The maximum Gasteiger partial charge on any atom is 0.407 e. The maximum absolute atomic E-state index is 12.5. The van der Waals surface area contributed by atoms with Gasteiger partial charge in [0.15, 0.2) is 0 Å². The van der Waals surface area contributed by atoms with Crippen molar-refractivity contribution in [3.05, 3.63) is 21.4 Å². The quantitative estimate of drug-likeness (QED) is 0.802. The highest BCUT2D eigenvalue weighted by Crippen LogP contribution is 2.32. The number of piperidine rings is 1. The van der Waals surface area contributed by atoms with E-state index in [2.05, 4.69) is 0 Å². The van der Waals surface area contributed by atoms with Crippen molar-refractivity contribution in [1.82, 2.24) is 9.80 Å². The Kier molecular flexibility index (Phi) is 4.07. The van der Waals surface area contributed by atoms with Crippen LogP contribution in [0.5, 0.6) is 0 Å². The van der Waals surface area contributed by atoms with E-state index >= 15 is 0 Å². The van der Waals surface area contributed by atoms with Gasteiger partial charge in [-0.3, -0.25) is 9.69 Å². The summed E-state index contributed by atoms with van der Waals surface area (Å²) in [6.45, 7) is 1.35. The van der Waals surface area contributed by atoms with Gasteiger partial charge in [-0.25, -0.2) is 18.4 Å². The zero-order valence-electron chi connectivity index (χ0n) is 12.3. The first-order chi connectivity index (χ1) is 10.8. The topological polar surface area (TPSA) is 121 Å². The van der Waals surface area contributed by atoms with Crippen LogP contribution in [0.2, 0.25) is 0 Å².